The van der Waals surface area contributed by atoms with Crippen LogP contribution in [0.2, 0.25) is 0 Å². The van der Waals surface area contributed by atoms with E-state index in [0.717, 1.165) is 4.47 Å². The minimum absolute atomic E-state index is 0.0924. The molecule has 0 aliphatic rings. The van der Waals surface area contributed by atoms with Crippen LogP contribution in [0.15, 0.2) is 22.7 Å². The molecule has 1 heterocycles. The first kappa shape index (κ1) is 17.4. The van der Waals surface area contributed by atoms with E-state index in [2.05, 4.69) is 31.3 Å². The van der Waals surface area contributed by atoms with E-state index in [0.29, 0.717) is 17.0 Å². The molecule has 9 heteroatoms. The highest BCUT2D eigenvalue weighted by Crippen LogP contribution is 2.33. The molecular weight excluding hydrogens is 384 g/mol. The molecule has 2 aromatic rings. The van der Waals surface area contributed by atoms with Gasteiger partial charge in [-0.2, -0.15) is 10.3 Å². The zero-order valence-corrected chi connectivity index (χ0v) is 15.2. The molecule has 0 spiro atoms. The molecular formula is C14H15BrN4O3S. The standard InChI is InChI=1S/C14H15BrN4O3S/c1-4-21-13(20)12-11(16-18-17-12)9-6-5-8(15)7-10(9)22-14(23)19(2)3/h5-7H,4H2,1-3H3,(H,16,17,18). The molecule has 122 valence electrons. The Kier molecular flexibility index (Phi) is 5.67. The number of thiocarbonyl (C=S) groups is 1. The number of hydrogen-bond donors (Lipinski definition) is 1. The van der Waals surface area contributed by atoms with Gasteiger partial charge in [-0.15, -0.1) is 5.10 Å². The van der Waals surface area contributed by atoms with Gasteiger partial charge in [-0.05, 0) is 37.3 Å². The van der Waals surface area contributed by atoms with E-state index in [4.69, 9.17) is 21.7 Å². The van der Waals surface area contributed by atoms with Gasteiger partial charge >= 0.3 is 5.97 Å². The molecule has 0 saturated carbocycles. The Balaban J connectivity index is 2.46. The van der Waals surface area contributed by atoms with E-state index in [9.17, 15) is 4.79 Å². The lowest BCUT2D eigenvalue weighted by atomic mass is 10.1. The molecule has 1 aromatic carbocycles. The Morgan fingerprint density at radius 3 is 2.78 bits per heavy atom. The van der Waals surface area contributed by atoms with E-state index in [1.165, 1.54) is 0 Å². The molecule has 2 rings (SSSR count). The zero-order chi connectivity index (χ0) is 17.0. The molecule has 0 radical (unpaired) electrons. The summed E-state index contributed by atoms with van der Waals surface area (Å²) < 4.78 is 11.5. The first-order valence-electron chi connectivity index (χ1n) is 6.71. The van der Waals surface area contributed by atoms with Crippen LogP contribution in [0.1, 0.15) is 17.4 Å². The summed E-state index contributed by atoms with van der Waals surface area (Å²) in [5.74, 6) is -0.0992. The van der Waals surface area contributed by atoms with Crippen molar-refractivity contribution in [1.29, 1.82) is 0 Å². The largest absolute Gasteiger partial charge is 0.461 e. The highest BCUT2D eigenvalue weighted by molar-refractivity contribution is 9.10. The van der Waals surface area contributed by atoms with E-state index in [-0.39, 0.29) is 17.5 Å². The van der Waals surface area contributed by atoms with Crippen molar-refractivity contribution < 1.29 is 14.3 Å². The summed E-state index contributed by atoms with van der Waals surface area (Å²) in [5, 5.41) is 10.6. The third-order valence-corrected chi connectivity index (χ3v) is 3.72. The van der Waals surface area contributed by atoms with Gasteiger partial charge in [-0.3, -0.25) is 0 Å². The van der Waals surface area contributed by atoms with Crippen molar-refractivity contribution in [2.75, 3.05) is 20.7 Å². The fourth-order valence-corrected chi connectivity index (χ4v) is 2.15. The van der Waals surface area contributed by atoms with Crippen molar-refractivity contribution in [2.24, 2.45) is 0 Å². The van der Waals surface area contributed by atoms with Crippen molar-refractivity contribution in [3.63, 3.8) is 0 Å². The summed E-state index contributed by atoms with van der Waals surface area (Å²) >= 11 is 8.56. The Labute approximate surface area is 147 Å². The highest BCUT2D eigenvalue weighted by Gasteiger charge is 2.22. The van der Waals surface area contributed by atoms with Crippen LogP contribution in [0, 0.1) is 0 Å². The van der Waals surface area contributed by atoms with Crippen LogP contribution in [0.4, 0.5) is 0 Å². The van der Waals surface area contributed by atoms with E-state index in [1.54, 1.807) is 38.1 Å². The summed E-state index contributed by atoms with van der Waals surface area (Å²) in [6, 6.07) is 5.32. The molecule has 1 aromatic heterocycles. The second-order valence-electron chi connectivity index (χ2n) is 4.64. The summed E-state index contributed by atoms with van der Waals surface area (Å²) in [6.07, 6.45) is 0. The number of H-pyrrole nitrogens is 1. The monoisotopic (exact) mass is 398 g/mol. The van der Waals surface area contributed by atoms with Crippen LogP contribution >= 0.6 is 28.1 Å². The maximum Gasteiger partial charge on any atom is 0.361 e. The maximum atomic E-state index is 12.0. The van der Waals surface area contributed by atoms with Crippen LogP contribution in [-0.4, -0.2) is 52.2 Å². The summed E-state index contributed by atoms with van der Waals surface area (Å²) in [6.45, 7) is 1.97. The number of halogens is 1. The van der Waals surface area contributed by atoms with Gasteiger partial charge < -0.3 is 14.4 Å². The van der Waals surface area contributed by atoms with E-state index < -0.39 is 5.97 Å². The van der Waals surface area contributed by atoms with Gasteiger partial charge in [-0.25, -0.2) is 4.79 Å². The van der Waals surface area contributed by atoms with Crippen molar-refractivity contribution in [3.8, 4) is 17.0 Å². The van der Waals surface area contributed by atoms with Crippen molar-refractivity contribution in [2.45, 2.75) is 6.92 Å². The molecule has 23 heavy (non-hydrogen) atoms. The smallest absolute Gasteiger partial charge is 0.361 e. The summed E-state index contributed by atoms with van der Waals surface area (Å²) in [7, 11) is 3.56. The first-order chi connectivity index (χ1) is 10.9. The van der Waals surface area contributed by atoms with Gasteiger partial charge in [0.25, 0.3) is 5.17 Å². The lowest BCUT2D eigenvalue weighted by Gasteiger charge is -2.16. The Morgan fingerprint density at radius 1 is 1.39 bits per heavy atom. The number of nitrogens with one attached hydrogen (secondary N) is 1. The third-order valence-electron chi connectivity index (χ3n) is 2.78. The van der Waals surface area contributed by atoms with Gasteiger partial charge in [0, 0.05) is 24.1 Å². The number of hydrogen-bond acceptors (Lipinski definition) is 6. The third kappa shape index (κ3) is 4.05. The van der Waals surface area contributed by atoms with Gasteiger partial charge in [-0.1, -0.05) is 15.9 Å². The summed E-state index contributed by atoms with van der Waals surface area (Å²) in [4.78, 5) is 13.6. The molecule has 0 unspecified atom stereocenters. The fraction of sp³-hybridized carbons (Fsp3) is 0.286. The number of nitrogens with zero attached hydrogens (tertiary/aromatic N) is 3. The topological polar surface area (TPSA) is 80.3 Å². The SMILES string of the molecule is CCOC(=O)c1n[nH]nc1-c1ccc(Br)cc1OC(=S)N(C)C. The van der Waals surface area contributed by atoms with Crippen LogP contribution < -0.4 is 4.74 Å². The zero-order valence-electron chi connectivity index (χ0n) is 12.8. The Bertz CT molecular complexity index is 733. The molecule has 0 amide bonds. The number of rotatable bonds is 4. The van der Waals surface area contributed by atoms with Crippen molar-refractivity contribution in [1.82, 2.24) is 20.3 Å². The normalized spacial score (nSPS) is 10.3. The van der Waals surface area contributed by atoms with Crippen LogP contribution in [-0.2, 0) is 4.74 Å². The molecule has 0 aliphatic carbocycles. The molecule has 0 saturated heterocycles. The van der Waals surface area contributed by atoms with Gasteiger partial charge in [0.05, 0.1) is 6.61 Å². The first-order valence-corrected chi connectivity index (χ1v) is 7.91. The number of benzene rings is 1. The quantitative estimate of drug-likeness (QED) is 0.625. The Morgan fingerprint density at radius 2 is 2.13 bits per heavy atom. The van der Waals surface area contributed by atoms with E-state index >= 15 is 0 Å². The van der Waals surface area contributed by atoms with Crippen molar-refractivity contribution in [3.05, 3.63) is 28.4 Å². The molecule has 1 N–H and O–H groups in total. The maximum absolute atomic E-state index is 12.0. The minimum atomic E-state index is -0.555. The average molecular weight is 399 g/mol. The number of aromatic nitrogens is 3. The van der Waals surface area contributed by atoms with Crippen LogP contribution in [0.3, 0.4) is 0 Å². The second kappa shape index (κ2) is 7.51. The summed E-state index contributed by atoms with van der Waals surface area (Å²) in [5.41, 5.74) is 1.01. The molecule has 0 bridgehead atoms. The lowest BCUT2D eigenvalue weighted by molar-refractivity contribution is 0.0520. The van der Waals surface area contributed by atoms with E-state index in [1.807, 2.05) is 6.07 Å². The number of carbonyl (C=O) groups is 1. The average Bonchev–Trinajstić information content (AvgIpc) is 2.97. The number of carbonyl (C=O) groups excluding carboxylic acids is 1. The molecule has 0 atom stereocenters. The molecule has 7 nitrogen and oxygen atoms in total. The van der Waals surface area contributed by atoms with Gasteiger partial charge in [0.2, 0.25) is 0 Å². The lowest BCUT2D eigenvalue weighted by Crippen LogP contribution is -2.25. The van der Waals surface area contributed by atoms with Crippen LogP contribution in [0.25, 0.3) is 11.3 Å². The van der Waals surface area contributed by atoms with Gasteiger partial charge in [0.1, 0.15) is 11.4 Å². The minimum Gasteiger partial charge on any atom is -0.461 e. The van der Waals surface area contributed by atoms with Gasteiger partial charge in [0.15, 0.2) is 5.69 Å². The Hall–Kier alpha value is -2.00. The predicted molar refractivity (Wildman–Crippen MR) is 92.4 cm³/mol. The van der Waals surface area contributed by atoms with Crippen molar-refractivity contribution >= 4 is 39.3 Å². The number of ether oxygens (including phenoxy) is 2. The van der Waals surface area contributed by atoms with Crippen LogP contribution in [0.5, 0.6) is 5.75 Å². The molecule has 0 fully saturated rings. The molecule has 0 aliphatic heterocycles. The second-order valence-corrected chi connectivity index (χ2v) is 5.91. The number of esters is 1. The number of aromatic amines is 1. The fourth-order valence-electron chi connectivity index (χ4n) is 1.72. The predicted octanol–water partition coefficient (Wildman–Crippen LogP) is 2.64. The highest BCUT2D eigenvalue weighted by atomic mass is 79.9.